The Balaban J connectivity index is 1.56. The molecule has 2 aliphatic heterocycles. The van der Waals surface area contributed by atoms with Gasteiger partial charge in [-0.05, 0) is 39.2 Å². The first-order valence-corrected chi connectivity index (χ1v) is 7.43. The number of nitrogens with one attached hydrogen (secondary N) is 1. The molecule has 4 nitrogen and oxygen atoms in total. The molecule has 3 rings (SSSR count). The molecule has 102 valence electrons. The second-order valence-corrected chi connectivity index (χ2v) is 6.40. The van der Waals surface area contributed by atoms with E-state index in [1.54, 1.807) is 0 Å². The van der Waals surface area contributed by atoms with Crippen LogP contribution in [0.4, 0.5) is 0 Å². The van der Waals surface area contributed by atoms with Gasteiger partial charge < -0.3 is 10.2 Å². The Bertz CT molecular complexity index is 313. The molecule has 0 aromatic heterocycles. The molecule has 0 bridgehead atoms. The fourth-order valence-corrected chi connectivity index (χ4v) is 3.35. The first-order valence-electron chi connectivity index (χ1n) is 7.43. The largest absolute Gasteiger partial charge is 0.340 e. The number of piperazine rings is 1. The van der Waals surface area contributed by atoms with E-state index in [0.717, 1.165) is 58.2 Å². The number of amides is 1. The van der Waals surface area contributed by atoms with E-state index in [1.807, 2.05) is 0 Å². The first-order chi connectivity index (χ1) is 8.69. The molecule has 0 aromatic rings. The van der Waals surface area contributed by atoms with Crippen LogP contribution in [0.1, 0.15) is 32.6 Å². The third kappa shape index (κ3) is 2.41. The van der Waals surface area contributed by atoms with Gasteiger partial charge in [-0.1, -0.05) is 0 Å². The van der Waals surface area contributed by atoms with Crippen molar-refractivity contribution in [1.29, 1.82) is 0 Å². The van der Waals surface area contributed by atoms with E-state index < -0.39 is 0 Å². The number of nitrogens with zero attached hydrogens (tertiary/aromatic N) is 2. The number of carbonyl (C=O) groups is 1. The molecule has 0 spiro atoms. The second-order valence-electron chi connectivity index (χ2n) is 6.40. The van der Waals surface area contributed by atoms with Crippen molar-refractivity contribution in [2.75, 3.05) is 39.3 Å². The third-order valence-electron chi connectivity index (χ3n) is 4.78. The topological polar surface area (TPSA) is 35.6 Å². The molecule has 1 atom stereocenters. The zero-order valence-corrected chi connectivity index (χ0v) is 11.5. The minimum Gasteiger partial charge on any atom is -0.340 e. The maximum Gasteiger partial charge on any atom is 0.229 e. The van der Waals surface area contributed by atoms with Crippen molar-refractivity contribution in [3.8, 4) is 0 Å². The van der Waals surface area contributed by atoms with Gasteiger partial charge in [-0.2, -0.15) is 0 Å². The lowest BCUT2D eigenvalue weighted by Crippen LogP contribution is -2.56. The van der Waals surface area contributed by atoms with Gasteiger partial charge >= 0.3 is 0 Å². The number of hydrogen-bond acceptors (Lipinski definition) is 3. The summed E-state index contributed by atoms with van der Waals surface area (Å²) in [5.41, 5.74) is -0.153. The maximum absolute atomic E-state index is 12.6. The van der Waals surface area contributed by atoms with E-state index in [0.29, 0.717) is 5.91 Å². The van der Waals surface area contributed by atoms with Gasteiger partial charge in [0.25, 0.3) is 0 Å². The van der Waals surface area contributed by atoms with Crippen molar-refractivity contribution in [3.05, 3.63) is 0 Å². The van der Waals surface area contributed by atoms with Crippen molar-refractivity contribution in [1.82, 2.24) is 15.1 Å². The van der Waals surface area contributed by atoms with Gasteiger partial charge in [-0.3, -0.25) is 9.69 Å². The molecule has 3 aliphatic rings. The highest BCUT2D eigenvalue weighted by atomic mass is 16.2. The molecular weight excluding hydrogens is 226 g/mol. The molecule has 1 unspecified atom stereocenters. The molecule has 4 heteroatoms. The Kier molecular flexibility index (Phi) is 3.32. The van der Waals surface area contributed by atoms with E-state index in [-0.39, 0.29) is 5.41 Å². The van der Waals surface area contributed by atoms with Crippen LogP contribution in [0, 0.1) is 5.41 Å². The number of carbonyl (C=O) groups excluding carboxylic acids is 1. The normalized spacial score (nSPS) is 34.6. The molecule has 1 saturated carbocycles. The van der Waals surface area contributed by atoms with Gasteiger partial charge in [-0.15, -0.1) is 0 Å². The van der Waals surface area contributed by atoms with Crippen LogP contribution < -0.4 is 5.32 Å². The molecule has 0 radical (unpaired) electrons. The molecule has 18 heavy (non-hydrogen) atoms. The van der Waals surface area contributed by atoms with Crippen molar-refractivity contribution < 1.29 is 4.79 Å². The Morgan fingerprint density at radius 1 is 1.22 bits per heavy atom. The lowest BCUT2D eigenvalue weighted by molar-refractivity contribution is -0.144. The van der Waals surface area contributed by atoms with Gasteiger partial charge in [0.1, 0.15) is 0 Å². The summed E-state index contributed by atoms with van der Waals surface area (Å²) >= 11 is 0. The van der Waals surface area contributed by atoms with Crippen LogP contribution in [-0.2, 0) is 4.79 Å². The van der Waals surface area contributed by atoms with Crippen LogP contribution in [0.25, 0.3) is 0 Å². The molecule has 2 heterocycles. The molecule has 2 saturated heterocycles. The lowest BCUT2D eigenvalue weighted by Gasteiger charge is -2.41. The summed E-state index contributed by atoms with van der Waals surface area (Å²) in [6.07, 6.45) is 4.91. The summed E-state index contributed by atoms with van der Waals surface area (Å²) in [4.78, 5) is 17.3. The van der Waals surface area contributed by atoms with E-state index in [4.69, 9.17) is 0 Å². The highest BCUT2D eigenvalue weighted by molar-refractivity contribution is 5.82. The predicted molar refractivity (Wildman–Crippen MR) is 71.4 cm³/mol. The van der Waals surface area contributed by atoms with Crippen LogP contribution in [0.5, 0.6) is 0 Å². The number of rotatable bonds is 2. The Hall–Kier alpha value is -0.610. The predicted octanol–water partition coefficient (Wildman–Crippen LogP) is 0.683. The first kappa shape index (κ1) is 12.4. The highest BCUT2D eigenvalue weighted by Crippen LogP contribution is 2.30. The Morgan fingerprint density at radius 2 is 1.94 bits per heavy atom. The maximum atomic E-state index is 12.6. The average Bonchev–Trinajstić information content (AvgIpc) is 3.23. The summed E-state index contributed by atoms with van der Waals surface area (Å²) in [5, 5.41) is 3.37. The van der Waals surface area contributed by atoms with Crippen LogP contribution in [0.3, 0.4) is 0 Å². The summed E-state index contributed by atoms with van der Waals surface area (Å²) < 4.78 is 0. The quantitative estimate of drug-likeness (QED) is 0.784. The fourth-order valence-electron chi connectivity index (χ4n) is 3.35. The minimum atomic E-state index is -0.153. The summed E-state index contributed by atoms with van der Waals surface area (Å²) in [6.45, 7) is 8.09. The van der Waals surface area contributed by atoms with Crippen molar-refractivity contribution in [3.63, 3.8) is 0 Å². The third-order valence-corrected chi connectivity index (χ3v) is 4.78. The zero-order valence-electron chi connectivity index (χ0n) is 11.5. The van der Waals surface area contributed by atoms with Gasteiger partial charge in [0, 0.05) is 38.8 Å². The van der Waals surface area contributed by atoms with Gasteiger partial charge in [0.15, 0.2) is 0 Å². The number of hydrogen-bond donors (Lipinski definition) is 1. The van der Waals surface area contributed by atoms with E-state index >= 15 is 0 Å². The smallest absolute Gasteiger partial charge is 0.229 e. The van der Waals surface area contributed by atoms with Crippen LogP contribution in [-0.4, -0.2) is 61.0 Å². The van der Waals surface area contributed by atoms with Gasteiger partial charge in [0.05, 0.1) is 5.41 Å². The van der Waals surface area contributed by atoms with E-state index in [9.17, 15) is 4.79 Å². The summed E-state index contributed by atoms with van der Waals surface area (Å²) in [5.74, 6) is 0.380. The monoisotopic (exact) mass is 251 g/mol. The summed E-state index contributed by atoms with van der Waals surface area (Å²) in [6, 6.07) is 0.842. The lowest BCUT2D eigenvalue weighted by atomic mass is 9.81. The van der Waals surface area contributed by atoms with E-state index in [2.05, 4.69) is 22.0 Å². The van der Waals surface area contributed by atoms with Crippen molar-refractivity contribution in [2.45, 2.75) is 38.6 Å². The average molecular weight is 251 g/mol. The fraction of sp³-hybridized carbons (Fsp3) is 0.929. The summed E-state index contributed by atoms with van der Waals surface area (Å²) in [7, 11) is 0. The Morgan fingerprint density at radius 3 is 2.50 bits per heavy atom. The number of piperidine rings is 1. The Labute approximate surface area is 110 Å². The standard InChI is InChI=1S/C14H25N3O/c1-14(5-2-6-15-11-14)13(18)17-9-7-16(8-10-17)12-3-4-12/h12,15H,2-11H2,1H3. The van der Waals surface area contributed by atoms with Crippen LogP contribution in [0.15, 0.2) is 0 Å². The molecule has 3 fully saturated rings. The highest BCUT2D eigenvalue weighted by Gasteiger charge is 2.39. The molecule has 1 aliphatic carbocycles. The van der Waals surface area contributed by atoms with E-state index in [1.165, 1.54) is 12.8 Å². The van der Waals surface area contributed by atoms with Gasteiger partial charge in [0.2, 0.25) is 5.91 Å². The minimum absolute atomic E-state index is 0.153. The molecular formula is C14H25N3O. The molecule has 1 amide bonds. The SMILES string of the molecule is CC1(C(=O)N2CCN(C3CC3)CC2)CCCNC1. The van der Waals surface area contributed by atoms with Crippen molar-refractivity contribution in [2.24, 2.45) is 5.41 Å². The molecule has 0 aromatic carbocycles. The second kappa shape index (κ2) is 4.82. The van der Waals surface area contributed by atoms with Crippen molar-refractivity contribution >= 4 is 5.91 Å². The van der Waals surface area contributed by atoms with Gasteiger partial charge in [-0.25, -0.2) is 0 Å². The van der Waals surface area contributed by atoms with Crippen LogP contribution >= 0.6 is 0 Å². The molecule has 1 N–H and O–H groups in total. The van der Waals surface area contributed by atoms with Crippen LogP contribution in [0.2, 0.25) is 0 Å². The zero-order chi connectivity index (χ0) is 12.6.